The highest BCUT2D eigenvalue weighted by Gasteiger charge is 2.09. The molecule has 0 unspecified atom stereocenters. The molecule has 1 amide bonds. The van der Waals surface area contributed by atoms with Crippen LogP contribution < -0.4 is 5.32 Å². The van der Waals surface area contributed by atoms with E-state index in [1.807, 2.05) is 0 Å². The zero-order chi connectivity index (χ0) is 13.8. The Labute approximate surface area is 113 Å². The normalized spacial score (nSPS) is 9.95. The van der Waals surface area contributed by atoms with Gasteiger partial charge in [0, 0.05) is 6.20 Å². The third-order valence-electron chi connectivity index (χ3n) is 2.20. The number of amides is 1. The summed E-state index contributed by atoms with van der Waals surface area (Å²) < 4.78 is 0. The Kier molecular flexibility index (Phi) is 3.72. The summed E-state index contributed by atoms with van der Waals surface area (Å²) >= 11 is 5.61. The van der Waals surface area contributed by atoms with Gasteiger partial charge in [-0.25, -0.2) is 14.8 Å². The molecule has 2 aromatic rings. The largest absolute Gasteiger partial charge is 0.477 e. The average molecular weight is 278 g/mol. The Morgan fingerprint density at radius 2 is 2.00 bits per heavy atom. The lowest BCUT2D eigenvalue weighted by Crippen LogP contribution is -2.14. The van der Waals surface area contributed by atoms with Crippen LogP contribution >= 0.6 is 11.6 Å². The first-order valence-electron chi connectivity index (χ1n) is 5.19. The van der Waals surface area contributed by atoms with Crippen molar-refractivity contribution in [1.82, 2.24) is 9.97 Å². The number of aromatic nitrogens is 2. The Morgan fingerprint density at radius 1 is 1.21 bits per heavy atom. The summed E-state index contributed by atoms with van der Waals surface area (Å²) in [5.74, 6) is -1.46. The summed E-state index contributed by atoms with van der Waals surface area (Å²) in [6.45, 7) is 0. The standard InChI is InChI=1S/C12H8ClN3O3/c13-9-5-4-7(6-14-9)11(17)16-10-3-1-2-8(15-10)12(18)19/h1-6H,(H,18,19)(H,15,16,17). The molecule has 96 valence electrons. The van der Waals surface area contributed by atoms with Crippen molar-refractivity contribution in [3.8, 4) is 0 Å². The van der Waals surface area contributed by atoms with Gasteiger partial charge in [-0.1, -0.05) is 17.7 Å². The van der Waals surface area contributed by atoms with Gasteiger partial charge in [0.15, 0.2) is 5.69 Å². The van der Waals surface area contributed by atoms with Crippen LogP contribution in [0.2, 0.25) is 5.15 Å². The predicted molar refractivity (Wildman–Crippen MR) is 68.4 cm³/mol. The molecular weight excluding hydrogens is 270 g/mol. The van der Waals surface area contributed by atoms with E-state index in [2.05, 4.69) is 15.3 Å². The smallest absolute Gasteiger partial charge is 0.354 e. The monoisotopic (exact) mass is 277 g/mol. The van der Waals surface area contributed by atoms with E-state index in [9.17, 15) is 9.59 Å². The summed E-state index contributed by atoms with van der Waals surface area (Å²) in [6.07, 6.45) is 1.32. The number of nitrogens with zero attached hydrogens (tertiary/aromatic N) is 2. The van der Waals surface area contributed by atoms with Gasteiger partial charge in [-0.3, -0.25) is 4.79 Å². The summed E-state index contributed by atoms with van der Waals surface area (Å²) in [5.41, 5.74) is 0.152. The number of pyridine rings is 2. The zero-order valence-electron chi connectivity index (χ0n) is 9.50. The lowest BCUT2D eigenvalue weighted by Gasteiger charge is -2.04. The number of nitrogens with one attached hydrogen (secondary N) is 1. The lowest BCUT2D eigenvalue weighted by molar-refractivity contribution is 0.0690. The van der Waals surface area contributed by atoms with Crippen molar-refractivity contribution in [1.29, 1.82) is 0 Å². The Morgan fingerprint density at radius 3 is 2.63 bits per heavy atom. The molecule has 2 aromatic heterocycles. The van der Waals surface area contributed by atoms with Gasteiger partial charge in [0.25, 0.3) is 5.91 Å². The molecule has 0 aliphatic carbocycles. The molecule has 0 fully saturated rings. The van der Waals surface area contributed by atoms with Crippen LogP contribution in [0.3, 0.4) is 0 Å². The SMILES string of the molecule is O=C(Nc1cccc(C(=O)O)n1)c1ccc(Cl)nc1. The third-order valence-corrected chi connectivity index (χ3v) is 2.42. The second-order valence-corrected chi connectivity index (χ2v) is 3.92. The molecule has 19 heavy (non-hydrogen) atoms. The molecule has 0 saturated carbocycles. The maximum atomic E-state index is 11.8. The van der Waals surface area contributed by atoms with Crippen LogP contribution in [0.25, 0.3) is 0 Å². The van der Waals surface area contributed by atoms with Crippen LogP contribution in [0.15, 0.2) is 36.5 Å². The minimum atomic E-state index is -1.16. The number of anilines is 1. The first-order chi connectivity index (χ1) is 9.06. The number of halogens is 1. The van der Waals surface area contributed by atoms with Crippen LogP contribution in [0.1, 0.15) is 20.8 Å². The van der Waals surface area contributed by atoms with Gasteiger partial charge in [0.2, 0.25) is 0 Å². The van der Waals surface area contributed by atoms with Crippen LogP contribution in [0.4, 0.5) is 5.82 Å². The number of carboxylic acid groups (broad SMARTS) is 1. The van der Waals surface area contributed by atoms with Crippen molar-refractivity contribution >= 4 is 29.3 Å². The predicted octanol–water partition coefficient (Wildman–Crippen LogP) is 2.08. The molecule has 6 nitrogen and oxygen atoms in total. The van der Waals surface area contributed by atoms with Crippen molar-refractivity contribution in [2.24, 2.45) is 0 Å². The quantitative estimate of drug-likeness (QED) is 0.838. The fraction of sp³-hybridized carbons (Fsp3) is 0. The van der Waals surface area contributed by atoms with Gasteiger partial charge in [-0.15, -0.1) is 0 Å². The van der Waals surface area contributed by atoms with E-state index in [0.29, 0.717) is 5.56 Å². The Balaban J connectivity index is 2.17. The van der Waals surface area contributed by atoms with E-state index in [4.69, 9.17) is 16.7 Å². The van der Waals surface area contributed by atoms with Crippen LogP contribution in [0.5, 0.6) is 0 Å². The van der Waals surface area contributed by atoms with E-state index in [0.717, 1.165) is 0 Å². The van der Waals surface area contributed by atoms with Crippen molar-refractivity contribution in [2.75, 3.05) is 5.32 Å². The van der Waals surface area contributed by atoms with Gasteiger partial charge >= 0.3 is 5.97 Å². The molecule has 0 spiro atoms. The van der Waals surface area contributed by atoms with Gasteiger partial charge in [-0.2, -0.15) is 0 Å². The molecule has 0 aromatic carbocycles. The van der Waals surface area contributed by atoms with Crippen LogP contribution in [0, 0.1) is 0 Å². The molecule has 0 atom stereocenters. The highest BCUT2D eigenvalue weighted by molar-refractivity contribution is 6.29. The van der Waals surface area contributed by atoms with Gasteiger partial charge in [-0.05, 0) is 24.3 Å². The van der Waals surface area contributed by atoms with Crippen molar-refractivity contribution in [2.45, 2.75) is 0 Å². The molecule has 0 radical (unpaired) electrons. The number of carbonyl (C=O) groups excluding carboxylic acids is 1. The Bertz CT molecular complexity index is 628. The Hall–Kier alpha value is -2.47. The molecule has 0 bridgehead atoms. The summed E-state index contributed by atoms with van der Waals surface area (Å²) in [5, 5.41) is 11.5. The highest BCUT2D eigenvalue weighted by Crippen LogP contribution is 2.09. The third kappa shape index (κ3) is 3.26. The number of carbonyl (C=O) groups is 2. The van der Waals surface area contributed by atoms with E-state index < -0.39 is 11.9 Å². The fourth-order valence-electron chi connectivity index (χ4n) is 1.32. The fourth-order valence-corrected chi connectivity index (χ4v) is 1.43. The van der Waals surface area contributed by atoms with Crippen molar-refractivity contribution in [3.63, 3.8) is 0 Å². The number of rotatable bonds is 3. The second kappa shape index (κ2) is 5.45. The van der Waals surface area contributed by atoms with Crippen molar-refractivity contribution < 1.29 is 14.7 Å². The number of carboxylic acids is 1. The number of hydrogen-bond acceptors (Lipinski definition) is 4. The molecule has 2 heterocycles. The molecule has 0 aliphatic heterocycles. The number of aromatic carboxylic acids is 1. The molecule has 7 heteroatoms. The average Bonchev–Trinajstić information content (AvgIpc) is 2.39. The summed E-state index contributed by atoms with van der Waals surface area (Å²) in [7, 11) is 0. The van der Waals surface area contributed by atoms with Crippen LogP contribution in [-0.2, 0) is 0 Å². The maximum Gasteiger partial charge on any atom is 0.354 e. The van der Waals surface area contributed by atoms with Gasteiger partial charge < -0.3 is 10.4 Å². The first-order valence-corrected chi connectivity index (χ1v) is 5.57. The minimum absolute atomic E-state index is 0.146. The van der Waals surface area contributed by atoms with Gasteiger partial charge in [0.05, 0.1) is 5.56 Å². The summed E-state index contributed by atoms with van der Waals surface area (Å²) in [4.78, 5) is 30.1. The maximum absolute atomic E-state index is 11.8. The topological polar surface area (TPSA) is 92.2 Å². The van der Waals surface area contributed by atoms with E-state index >= 15 is 0 Å². The van der Waals surface area contributed by atoms with Crippen LogP contribution in [-0.4, -0.2) is 27.0 Å². The summed E-state index contributed by atoms with van der Waals surface area (Å²) in [6, 6.07) is 7.31. The molecule has 0 saturated heterocycles. The van der Waals surface area contributed by atoms with E-state index in [1.54, 1.807) is 0 Å². The first kappa shape index (κ1) is 13.0. The van der Waals surface area contributed by atoms with E-state index in [-0.39, 0.29) is 16.7 Å². The lowest BCUT2D eigenvalue weighted by atomic mass is 10.2. The second-order valence-electron chi connectivity index (χ2n) is 3.54. The minimum Gasteiger partial charge on any atom is -0.477 e. The van der Waals surface area contributed by atoms with Crippen molar-refractivity contribution in [3.05, 3.63) is 52.9 Å². The molecular formula is C12H8ClN3O3. The molecule has 2 rings (SSSR count). The number of hydrogen-bond donors (Lipinski definition) is 2. The molecule has 2 N–H and O–H groups in total. The van der Waals surface area contributed by atoms with E-state index in [1.165, 1.54) is 36.5 Å². The highest BCUT2D eigenvalue weighted by atomic mass is 35.5. The molecule has 0 aliphatic rings. The van der Waals surface area contributed by atoms with Gasteiger partial charge in [0.1, 0.15) is 11.0 Å². The zero-order valence-corrected chi connectivity index (χ0v) is 10.3.